The minimum absolute atomic E-state index is 0.00448. The maximum atomic E-state index is 13.1. The Balaban J connectivity index is 1.41. The van der Waals surface area contributed by atoms with Crippen LogP contribution in [0.3, 0.4) is 0 Å². The third-order valence-electron chi connectivity index (χ3n) is 7.42. The topological polar surface area (TPSA) is 191 Å². The average Bonchev–Trinajstić information content (AvgIpc) is 3.59. The molecule has 0 radical (unpaired) electrons. The van der Waals surface area contributed by atoms with Crippen LogP contribution in [-0.4, -0.2) is 119 Å². The van der Waals surface area contributed by atoms with E-state index in [9.17, 15) is 34.5 Å². The van der Waals surface area contributed by atoms with Gasteiger partial charge in [-0.15, -0.1) is 16.9 Å². The highest BCUT2D eigenvalue weighted by molar-refractivity contribution is 8.03. The van der Waals surface area contributed by atoms with Gasteiger partial charge in [0.05, 0.1) is 31.2 Å². The summed E-state index contributed by atoms with van der Waals surface area (Å²) < 4.78 is 1.32. The molecule has 4 N–H and O–H groups in total. The van der Waals surface area contributed by atoms with Crippen LogP contribution in [-0.2, 0) is 25.7 Å². The molecule has 2 fully saturated rings. The van der Waals surface area contributed by atoms with E-state index in [-0.39, 0.29) is 85.7 Å². The normalized spacial score (nSPS) is 27.3. The van der Waals surface area contributed by atoms with E-state index < -0.39 is 17.9 Å². The second-order valence-corrected chi connectivity index (χ2v) is 11.3. The van der Waals surface area contributed by atoms with Crippen molar-refractivity contribution in [1.29, 1.82) is 0 Å². The Morgan fingerprint density at radius 3 is 2.58 bits per heavy atom. The molecule has 0 bridgehead atoms. The fraction of sp³-hybridized carbons (Fsp3) is 0.696. The van der Waals surface area contributed by atoms with Crippen molar-refractivity contribution < 1.29 is 34.5 Å². The van der Waals surface area contributed by atoms with Crippen molar-refractivity contribution in [1.82, 2.24) is 35.3 Å². The maximum absolute atomic E-state index is 13.1. The van der Waals surface area contributed by atoms with Crippen molar-refractivity contribution >= 4 is 35.3 Å². The van der Waals surface area contributed by atoms with Gasteiger partial charge >= 0.3 is 5.97 Å². The van der Waals surface area contributed by atoms with Crippen molar-refractivity contribution in [3.8, 4) is 0 Å². The third kappa shape index (κ3) is 5.46. The molecule has 0 unspecified atom stereocenters. The van der Waals surface area contributed by atoms with Crippen molar-refractivity contribution in [3.05, 3.63) is 16.9 Å². The standard InChI is InChI=1S/C23H33N7O7S/c1-12(7-14(33)10-29-11-25-26-27-29)17-18-13(2)20(19(23(36)37)30(18)22(17)35)38-15-8-16(24-9-15)21(34)28(3-5-31)4-6-32/h11-13,15-18,24,31-32H,3-10H2,1-2H3,(H,36,37)/t12-,13+,15-,16-,17+,18+/m0/s1. The summed E-state index contributed by atoms with van der Waals surface area (Å²) in [6.45, 7) is 4.03. The first kappa shape index (κ1) is 28.1. The lowest BCUT2D eigenvalue weighted by Crippen LogP contribution is -2.62. The van der Waals surface area contributed by atoms with Crippen LogP contribution in [0.25, 0.3) is 0 Å². The lowest BCUT2D eigenvalue weighted by atomic mass is 9.73. The minimum atomic E-state index is -1.17. The first-order valence-electron chi connectivity index (χ1n) is 12.6. The number of rotatable bonds is 13. The highest BCUT2D eigenvalue weighted by Gasteiger charge is 2.60. The van der Waals surface area contributed by atoms with Crippen LogP contribution in [0.2, 0.25) is 0 Å². The van der Waals surface area contributed by atoms with Gasteiger partial charge in [0.15, 0.2) is 5.78 Å². The van der Waals surface area contributed by atoms with Crippen LogP contribution in [0.5, 0.6) is 0 Å². The fourth-order valence-corrected chi connectivity index (χ4v) is 7.18. The Bertz CT molecular complexity index is 1090. The SMILES string of the molecule is C[C@@H](CC(=O)Cn1cnnn1)[C@H]1C(=O)N2C(C(=O)O)=C(S[C@@H]3CN[C@H](C(=O)N(CCO)CCO)C3)[C@H](C)[C@H]12. The number of carboxylic acid groups (broad SMARTS) is 1. The molecule has 0 saturated carbocycles. The first-order valence-corrected chi connectivity index (χ1v) is 13.5. The molecule has 208 valence electrons. The second kappa shape index (κ2) is 11.9. The van der Waals surface area contributed by atoms with Crippen LogP contribution < -0.4 is 5.32 Å². The summed E-state index contributed by atoms with van der Waals surface area (Å²) in [7, 11) is 0. The number of fused-ring (bicyclic) bond motifs is 1. The molecule has 4 rings (SSSR count). The molecule has 2 saturated heterocycles. The number of amides is 2. The number of nitrogens with zero attached hydrogens (tertiary/aromatic N) is 6. The number of aliphatic hydroxyl groups excluding tert-OH is 2. The Labute approximate surface area is 223 Å². The summed E-state index contributed by atoms with van der Waals surface area (Å²) >= 11 is 1.38. The zero-order valence-corrected chi connectivity index (χ0v) is 22.1. The molecule has 1 aromatic rings. The molecule has 0 aromatic carbocycles. The molecule has 6 atom stereocenters. The van der Waals surface area contributed by atoms with E-state index in [0.717, 1.165) is 0 Å². The molecule has 3 aliphatic heterocycles. The fourth-order valence-electron chi connectivity index (χ4n) is 5.71. The third-order valence-corrected chi connectivity index (χ3v) is 8.93. The summed E-state index contributed by atoms with van der Waals surface area (Å²) in [5, 5.41) is 42.2. The lowest BCUT2D eigenvalue weighted by Gasteiger charge is -2.47. The van der Waals surface area contributed by atoms with Gasteiger partial charge in [0, 0.05) is 42.1 Å². The molecule has 15 heteroatoms. The first-order chi connectivity index (χ1) is 18.2. The number of thioether (sulfide) groups is 1. The monoisotopic (exact) mass is 551 g/mol. The zero-order chi connectivity index (χ0) is 27.6. The summed E-state index contributed by atoms with van der Waals surface area (Å²) in [5.74, 6) is -2.80. The zero-order valence-electron chi connectivity index (χ0n) is 21.3. The van der Waals surface area contributed by atoms with Gasteiger partial charge in [0.1, 0.15) is 18.6 Å². The lowest BCUT2D eigenvalue weighted by molar-refractivity contribution is -0.160. The van der Waals surface area contributed by atoms with Gasteiger partial charge < -0.3 is 30.4 Å². The number of β-lactam (4-membered cyclic amide) rings is 1. The highest BCUT2D eigenvalue weighted by Crippen LogP contribution is 2.53. The minimum Gasteiger partial charge on any atom is -0.477 e. The number of carboxylic acids is 1. The molecule has 14 nitrogen and oxygen atoms in total. The largest absolute Gasteiger partial charge is 0.477 e. The van der Waals surface area contributed by atoms with E-state index in [4.69, 9.17) is 0 Å². The molecule has 0 aliphatic carbocycles. The van der Waals surface area contributed by atoms with Crippen molar-refractivity contribution in [2.45, 2.75) is 50.6 Å². The van der Waals surface area contributed by atoms with Crippen LogP contribution in [0.1, 0.15) is 26.7 Å². The quantitative estimate of drug-likeness (QED) is 0.204. The Morgan fingerprint density at radius 1 is 1.26 bits per heavy atom. The smallest absolute Gasteiger partial charge is 0.353 e. The second-order valence-electron chi connectivity index (χ2n) is 9.97. The van der Waals surface area contributed by atoms with Gasteiger partial charge in [0.2, 0.25) is 11.8 Å². The number of hydrogen-bond donors (Lipinski definition) is 4. The summed E-state index contributed by atoms with van der Waals surface area (Å²) in [6.07, 6.45) is 1.94. The van der Waals surface area contributed by atoms with E-state index in [1.54, 1.807) is 0 Å². The van der Waals surface area contributed by atoms with Crippen molar-refractivity contribution in [2.75, 3.05) is 32.8 Å². The number of Topliss-reactive ketones (excluding diaryl/α,β-unsaturated/α-hetero) is 1. The van der Waals surface area contributed by atoms with Gasteiger partial charge in [-0.1, -0.05) is 13.8 Å². The molecule has 3 aliphatic rings. The van der Waals surface area contributed by atoms with Gasteiger partial charge in [-0.25, -0.2) is 9.48 Å². The Morgan fingerprint density at radius 2 is 1.97 bits per heavy atom. The highest BCUT2D eigenvalue weighted by atomic mass is 32.2. The van der Waals surface area contributed by atoms with E-state index in [1.807, 2.05) is 13.8 Å². The van der Waals surface area contributed by atoms with Crippen LogP contribution in [0.15, 0.2) is 16.9 Å². The number of tetrazole rings is 1. The van der Waals surface area contributed by atoms with Crippen molar-refractivity contribution in [3.63, 3.8) is 0 Å². The van der Waals surface area contributed by atoms with Gasteiger partial charge in [-0.2, -0.15) is 0 Å². The number of aliphatic carboxylic acids is 1. The number of hydrogen-bond acceptors (Lipinski definition) is 11. The van der Waals surface area contributed by atoms with E-state index in [2.05, 4.69) is 20.8 Å². The van der Waals surface area contributed by atoms with E-state index >= 15 is 0 Å². The predicted octanol–water partition coefficient (Wildman–Crippen LogP) is -1.68. The van der Waals surface area contributed by atoms with Crippen molar-refractivity contribution in [2.24, 2.45) is 17.8 Å². The number of nitrogens with one attached hydrogen (secondary N) is 1. The number of carbonyl (C=O) groups excluding carboxylic acids is 3. The van der Waals surface area contributed by atoms with Crippen LogP contribution >= 0.6 is 11.8 Å². The summed E-state index contributed by atoms with van der Waals surface area (Å²) in [4.78, 5) is 54.1. The van der Waals surface area contributed by atoms with E-state index in [0.29, 0.717) is 17.9 Å². The average molecular weight is 552 g/mol. The Hall–Kier alpha value is -2.88. The van der Waals surface area contributed by atoms with Gasteiger partial charge in [-0.3, -0.25) is 14.4 Å². The van der Waals surface area contributed by atoms with Gasteiger partial charge in [-0.05, 0) is 22.8 Å². The van der Waals surface area contributed by atoms with Crippen LogP contribution in [0, 0.1) is 17.8 Å². The number of ketones is 1. The maximum Gasteiger partial charge on any atom is 0.353 e. The Kier molecular flexibility index (Phi) is 8.80. The molecule has 2 amide bonds. The molecule has 0 spiro atoms. The van der Waals surface area contributed by atoms with Gasteiger partial charge in [0.25, 0.3) is 0 Å². The molecule has 1 aromatic heterocycles. The van der Waals surface area contributed by atoms with Crippen LogP contribution in [0.4, 0.5) is 0 Å². The number of aliphatic hydroxyl groups is 2. The number of carbonyl (C=O) groups is 4. The predicted molar refractivity (Wildman–Crippen MR) is 133 cm³/mol. The number of aromatic nitrogens is 4. The molecular formula is C23H33N7O7S. The molecule has 4 heterocycles. The van der Waals surface area contributed by atoms with E-state index in [1.165, 1.54) is 32.6 Å². The summed E-state index contributed by atoms with van der Waals surface area (Å²) in [6, 6.07) is -0.850. The summed E-state index contributed by atoms with van der Waals surface area (Å²) in [5.41, 5.74) is -0.0158. The molecular weight excluding hydrogens is 518 g/mol. The molecule has 38 heavy (non-hydrogen) atoms.